The fourth-order valence-corrected chi connectivity index (χ4v) is 4.71. The fraction of sp³-hybridized carbons (Fsp3) is 0.296. The number of aromatic nitrogens is 1. The molecule has 0 bridgehead atoms. The number of Topliss-reactive ketones (excluding diaryl/α,β-unsaturated/α-hetero) is 2. The van der Waals surface area contributed by atoms with Gasteiger partial charge in [0.2, 0.25) is 0 Å². The van der Waals surface area contributed by atoms with Crippen LogP contribution in [0.4, 0.5) is 0 Å². The van der Waals surface area contributed by atoms with E-state index in [1.54, 1.807) is 6.20 Å². The molecule has 1 aliphatic heterocycles. The van der Waals surface area contributed by atoms with Crippen molar-refractivity contribution >= 4 is 28.4 Å². The van der Waals surface area contributed by atoms with Gasteiger partial charge in [-0.2, -0.15) is 0 Å². The van der Waals surface area contributed by atoms with Crippen LogP contribution in [0.3, 0.4) is 0 Å². The Bertz CT molecular complexity index is 1230. The topological polar surface area (TPSA) is 68.6 Å². The molecule has 0 fully saturated rings. The van der Waals surface area contributed by atoms with Crippen LogP contribution < -0.4 is 0 Å². The molecule has 2 atom stereocenters. The van der Waals surface area contributed by atoms with Crippen molar-refractivity contribution in [3.8, 4) is 0 Å². The number of esters is 1. The van der Waals surface area contributed by atoms with E-state index in [9.17, 15) is 14.4 Å². The van der Waals surface area contributed by atoms with E-state index in [0.717, 1.165) is 16.5 Å². The average molecular weight is 445 g/mol. The first-order chi connectivity index (χ1) is 15.9. The zero-order valence-corrected chi connectivity index (χ0v) is 19.2. The number of carbonyl (C=O) groups is 3. The van der Waals surface area contributed by atoms with Crippen LogP contribution >= 0.6 is 0 Å². The van der Waals surface area contributed by atoms with Crippen molar-refractivity contribution in [1.29, 1.82) is 0 Å². The zero-order valence-electron chi connectivity index (χ0n) is 19.2. The highest BCUT2D eigenvalue weighted by Crippen LogP contribution is 2.33. The van der Waals surface area contributed by atoms with Crippen molar-refractivity contribution in [2.75, 3.05) is 20.7 Å². The van der Waals surface area contributed by atoms with Crippen molar-refractivity contribution in [2.24, 2.45) is 11.8 Å². The molecule has 170 valence electrons. The standard InChI is InChI=1S/C27H28N2O4/c1-18(30)22-16-28(2)17-23(27(32)33-3)21(22)14-26(31)25-13-20-11-7-8-12-24(20)29(25)15-19-9-5-4-6-10-19/h4-13,17,21-22H,14-16H2,1-3H3/t21-,22-/m0/s1. The van der Waals surface area contributed by atoms with E-state index in [0.29, 0.717) is 24.4 Å². The number of ether oxygens (including phenoxy) is 1. The molecule has 1 aromatic heterocycles. The Kier molecular flexibility index (Phi) is 6.45. The molecule has 0 unspecified atom stereocenters. The summed E-state index contributed by atoms with van der Waals surface area (Å²) in [5, 5.41) is 0.979. The van der Waals surface area contributed by atoms with Gasteiger partial charge >= 0.3 is 5.97 Å². The summed E-state index contributed by atoms with van der Waals surface area (Å²) in [5.74, 6) is -1.63. The number of para-hydroxylation sites is 1. The second-order valence-electron chi connectivity index (χ2n) is 8.63. The molecule has 0 radical (unpaired) electrons. The Hall–Kier alpha value is -3.67. The Morgan fingerprint density at radius 3 is 2.42 bits per heavy atom. The van der Waals surface area contributed by atoms with Crippen molar-refractivity contribution in [3.05, 3.63) is 83.7 Å². The predicted octanol–water partition coefficient (Wildman–Crippen LogP) is 4.09. The molecule has 1 aliphatic rings. The summed E-state index contributed by atoms with van der Waals surface area (Å²) >= 11 is 0. The van der Waals surface area contributed by atoms with Crippen LogP contribution in [0.1, 0.15) is 29.4 Å². The van der Waals surface area contributed by atoms with Gasteiger partial charge in [0.05, 0.1) is 18.4 Å². The normalized spacial score (nSPS) is 18.2. The Labute approximate surface area is 193 Å². The third-order valence-electron chi connectivity index (χ3n) is 6.36. The highest BCUT2D eigenvalue weighted by atomic mass is 16.5. The average Bonchev–Trinajstić information content (AvgIpc) is 3.18. The van der Waals surface area contributed by atoms with Crippen LogP contribution in [0.2, 0.25) is 0 Å². The minimum absolute atomic E-state index is 0.0426. The highest BCUT2D eigenvalue weighted by Gasteiger charge is 2.38. The smallest absolute Gasteiger partial charge is 0.335 e. The lowest BCUT2D eigenvalue weighted by Crippen LogP contribution is -2.40. The molecule has 3 aromatic rings. The molecule has 2 heterocycles. The number of hydrogen-bond donors (Lipinski definition) is 0. The number of hydrogen-bond acceptors (Lipinski definition) is 5. The molecule has 6 nitrogen and oxygen atoms in total. The molecule has 2 aromatic carbocycles. The molecule has 0 saturated heterocycles. The summed E-state index contributed by atoms with van der Waals surface area (Å²) in [5.41, 5.74) is 3.00. The lowest BCUT2D eigenvalue weighted by Gasteiger charge is -2.34. The van der Waals surface area contributed by atoms with Gasteiger partial charge < -0.3 is 14.2 Å². The second-order valence-corrected chi connectivity index (χ2v) is 8.63. The first kappa shape index (κ1) is 22.5. The summed E-state index contributed by atoms with van der Waals surface area (Å²) in [6, 6.07) is 19.8. The van der Waals surface area contributed by atoms with E-state index in [4.69, 9.17) is 4.74 Å². The number of nitrogens with zero attached hydrogens (tertiary/aromatic N) is 2. The Morgan fingerprint density at radius 2 is 1.73 bits per heavy atom. The first-order valence-corrected chi connectivity index (χ1v) is 11.0. The lowest BCUT2D eigenvalue weighted by atomic mass is 9.77. The van der Waals surface area contributed by atoms with Crippen LogP contribution in [0.5, 0.6) is 0 Å². The molecule has 33 heavy (non-hydrogen) atoms. The molecule has 0 aliphatic carbocycles. The van der Waals surface area contributed by atoms with Gasteiger partial charge in [-0.05, 0) is 24.6 Å². The second kappa shape index (κ2) is 9.45. The van der Waals surface area contributed by atoms with E-state index >= 15 is 0 Å². The van der Waals surface area contributed by atoms with Gasteiger partial charge in [0, 0.05) is 55.5 Å². The van der Waals surface area contributed by atoms with Gasteiger partial charge in [0.1, 0.15) is 5.78 Å². The van der Waals surface area contributed by atoms with E-state index < -0.39 is 17.8 Å². The monoisotopic (exact) mass is 444 g/mol. The number of fused-ring (bicyclic) bond motifs is 1. The van der Waals surface area contributed by atoms with E-state index in [1.165, 1.54) is 14.0 Å². The molecule has 0 spiro atoms. The first-order valence-electron chi connectivity index (χ1n) is 11.0. The van der Waals surface area contributed by atoms with Gasteiger partial charge in [-0.15, -0.1) is 0 Å². The zero-order chi connectivity index (χ0) is 23.5. The number of rotatable bonds is 7. The van der Waals surface area contributed by atoms with E-state index in [2.05, 4.69) is 0 Å². The quantitative estimate of drug-likeness (QED) is 0.406. The van der Waals surface area contributed by atoms with Crippen molar-refractivity contribution in [1.82, 2.24) is 9.47 Å². The molecule has 6 heteroatoms. The maximum Gasteiger partial charge on any atom is 0.335 e. The maximum atomic E-state index is 13.7. The van der Waals surface area contributed by atoms with Crippen LogP contribution in [-0.2, 0) is 20.9 Å². The summed E-state index contributed by atoms with van der Waals surface area (Å²) in [4.78, 5) is 40.5. The van der Waals surface area contributed by atoms with E-state index in [1.807, 2.05) is 77.2 Å². The summed E-state index contributed by atoms with van der Waals surface area (Å²) in [6.07, 6.45) is 1.76. The van der Waals surface area contributed by atoms with Crippen LogP contribution in [-0.4, -0.2) is 47.7 Å². The maximum absolute atomic E-state index is 13.7. The van der Waals surface area contributed by atoms with Crippen molar-refractivity contribution in [3.63, 3.8) is 0 Å². The van der Waals surface area contributed by atoms with Gasteiger partial charge in [0.15, 0.2) is 5.78 Å². The Morgan fingerprint density at radius 1 is 1.03 bits per heavy atom. The number of carbonyl (C=O) groups excluding carboxylic acids is 3. The molecular formula is C27H28N2O4. The minimum atomic E-state index is -0.526. The molecule has 0 saturated carbocycles. The predicted molar refractivity (Wildman–Crippen MR) is 127 cm³/mol. The molecule has 4 rings (SSSR count). The summed E-state index contributed by atoms with van der Waals surface area (Å²) in [6.45, 7) is 2.53. The molecular weight excluding hydrogens is 416 g/mol. The van der Waals surface area contributed by atoms with Gasteiger partial charge in [0.25, 0.3) is 0 Å². The highest BCUT2D eigenvalue weighted by molar-refractivity contribution is 6.02. The third kappa shape index (κ3) is 4.60. The van der Waals surface area contributed by atoms with Gasteiger partial charge in [-0.1, -0.05) is 48.5 Å². The van der Waals surface area contributed by atoms with Gasteiger partial charge in [-0.25, -0.2) is 4.79 Å². The van der Waals surface area contributed by atoms with Crippen molar-refractivity contribution < 1.29 is 19.1 Å². The summed E-state index contributed by atoms with van der Waals surface area (Å²) < 4.78 is 6.99. The number of methoxy groups -OCH3 is 1. The SMILES string of the molecule is COC(=O)C1=CN(C)C[C@@H](C(C)=O)[C@@H]1CC(=O)c1cc2ccccc2n1Cc1ccccc1. The fourth-order valence-electron chi connectivity index (χ4n) is 4.71. The van der Waals surface area contributed by atoms with Crippen LogP contribution in [0.25, 0.3) is 10.9 Å². The number of ketones is 2. The number of benzene rings is 2. The van der Waals surface area contributed by atoms with E-state index in [-0.39, 0.29) is 18.0 Å². The molecule has 0 amide bonds. The van der Waals surface area contributed by atoms with Crippen LogP contribution in [0.15, 0.2) is 72.4 Å². The van der Waals surface area contributed by atoms with Crippen molar-refractivity contribution in [2.45, 2.75) is 19.9 Å². The summed E-state index contributed by atoms with van der Waals surface area (Å²) in [7, 11) is 3.13. The lowest BCUT2D eigenvalue weighted by molar-refractivity contribution is -0.137. The van der Waals surface area contributed by atoms with Gasteiger partial charge in [-0.3, -0.25) is 9.59 Å². The van der Waals surface area contributed by atoms with Crippen LogP contribution in [0, 0.1) is 11.8 Å². The third-order valence-corrected chi connectivity index (χ3v) is 6.36. The Balaban J connectivity index is 1.73. The largest absolute Gasteiger partial charge is 0.466 e. The molecule has 0 N–H and O–H groups in total. The minimum Gasteiger partial charge on any atom is -0.466 e.